The molecule has 2 N–H and O–H groups in total. The van der Waals surface area contributed by atoms with Crippen LogP contribution in [0.2, 0.25) is 0 Å². The van der Waals surface area contributed by atoms with Gasteiger partial charge in [0, 0.05) is 37.6 Å². The largest absolute Gasteiger partial charge is 0.367 e. The van der Waals surface area contributed by atoms with E-state index in [0.29, 0.717) is 12.6 Å². The Morgan fingerprint density at radius 2 is 2.00 bits per heavy atom. The van der Waals surface area contributed by atoms with Gasteiger partial charge in [0.15, 0.2) is 5.96 Å². The molecule has 1 aliphatic heterocycles. The number of benzene rings is 1. The maximum Gasteiger partial charge on any atom is 0.191 e. The summed E-state index contributed by atoms with van der Waals surface area (Å²) in [4.78, 5) is 11.4. The van der Waals surface area contributed by atoms with E-state index in [0.717, 1.165) is 37.7 Å². The Morgan fingerprint density at radius 3 is 2.77 bits per heavy atom. The first-order chi connectivity index (χ1) is 12.3. The van der Waals surface area contributed by atoms with Crippen LogP contribution in [0.4, 0.5) is 5.69 Å². The van der Waals surface area contributed by atoms with Crippen molar-refractivity contribution in [1.82, 2.24) is 15.6 Å². The molecule has 5 nitrogen and oxygen atoms in total. The normalized spacial score (nSPS) is 16.0. The van der Waals surface area contributed by atoms with Gasteiger partial charge in [0.1, 0.15) is 0 Å². The van der Waals surface area contributed by atoms with Gasteiger partial charge in [-0.1, -0.05) is 24.3 Å². The molecule has 0 aliphatic carbocycles. The number of hydrogen-bond acceptors (Lipinski definition) is 3. The summed E-state index contributed by atoms with van der Waals surface area (Å²) in [5.41, 5.74) is 3.79. The molecule has 140 valence electrons. The summed E-state index contributed by atoms with van der Waals surface area (Å²) in [5, 5.41) is 6.74. The number of halogens is 1. The highest BCUT2D eigenvalue weighted by Crippen LogP contribution is 2.31. The number of rotatable bonds is 6. The average molecular weight is 465 g/mol. The van der Waals surface area contributed by atoms with E-state index in [4.69, 9.17) is 0 Å². The van der Waals surface area contributed by atoms with Crippen LogP contribution in [0.25, 0.3) is 0 Å². The van der Waals surface area contributed by atoms with Crippen molar-refractivity contribution in [3.63, 3.8) is 0 Å². The van der Waals surface area contributed by atoms with Crippen LogP contribution in [0.3, 0.4) is 0 Å². The number of pyridine rings is 1. The third kappa shape index (κ3) is 5.33. The minimum Gasteiger partial charge on any atom is -0.367 e. The van der Waals surface area contributed by atoms with Crippen molar-refractivity contribution >= 4 is 35.6 Å². The van der Waals surface area contributed by atoms with Gasteiger partial charge in [-0.2, -0.15) is 0 Å². The third-order valence-electron chi connectivity index (χ3n) is 4.46. The standard InChI is InChI=1S/C20H27N5.HI/c1-3-21-20(24-15-18-9-6-7-11-22-18)23-12-13-25-16(2)14-17-8-4-5-10-19(17)25;/h4-11,16H,3,12-15H2,1-2H3,(H2,21,23,24);1H. The topological polar surface area (TPSA) is 52.6 Å². The number of nitrogens with zero attached hydrogens (tertiary/aromatic N) is 3. The molecule has 1 aromatic heterocycles. The molecule has 1 aliphatic rings. The highest BCUT2D eigenvalue weighted by atomic mass is 127. The molecule has 0 saturated heterocycles. The first-order valence-corrected chi connectivity index (χ1v) is 9.04. The van der Waals surface area contributed by atoms with Crippen LogP contribution >= 0.6 is 24.0 Å². The lowest BCUT2D eigenvalue weighted by molar-refractivity contribution is 0.656. The molecule has 0 amide bonds. The van der Waals surface area contributed by atoms with Crippen LogP contribution in [0, 0.1) is 0 Å². The molecule has 26 heavy (non-hydrogen) atoms. The van der Waals surface area contributed by atoms with Crippen LogP contribution < -0.4 is 15.5 Å². The number of hydrogen-bond donors (Lipinski definition) is 2. The summed E-state index contributed by atoms with van der Waals surface area (Å²) < 4.78 is 0. The van der Waals surface area contributed by atoms with Crippen molar-refractivity contribution < 1.29 is 0 Å². The van der Waals surface area contributed by atoms with Crippen LogP contribution in [0.1, 0.15) is 25.1 Å². The number of nitrogens with one attached hydrogen (secondary N) is 2. The summed E-state index contributed by atoms with van der Waals surface area (Å²) in [6.45, 7) is 7.62. The van der Waals surface area contributed by atoms with Crippen molar-refractivity contribution in [3.05, 3.63) is 59.9 Å². The van der Waals surface area contributed by atoms with E-state index in [1.807, 2.05) is 18.2 Å². The van der Waals surface area contributed by atoms with Crippen LogP contribution in [0.5, 0.6) is 0 Å². The lowest BCUT2D eigenvalue weighted by Crippen LogP contribution is -2.42. The van der Waals surface area contributed by atoms with Gasteiger partial charge in [0.05, 0.1) is 12.2 Å². The van der Waals surface area contributed by atoms with Gasteiger partial charge in [-0.25, -0.2) is 4.99 Å². The predicted molar refractivity (Wildman–Crippen MR) is 119 cm³/mol. The molecular weight excluding hydrogens is 437 g/mol. The molecule has 1 atom stereocenters. The number of aromatic nitrogens is 1. The fraction of sp³-hybridized carbons (Fsp3) is 0.400. The van der Waals surface area contributed by atoms with E-state index in [9.17, 15) is 0 Å². The maximum absolute atomic E-state index is 4.62. The smallest absolute Gasteiger partial charge is 0.191 e. The third-order valence-corrected chi connectivity index (χ3v) is 4.46. The molecule has 2 heterocycles. The van der Waals surface area contributed by atoms with Gasteiger partial charge in [-0.05, 0) is 44.0 Å². The lowest BCUT2D eigenvalue weighted by Gasteiger charge is -2.25. The highest BCUT2D eigenvalue weighted by molar-refractivity contribution is 14.0. The summed E-state index contributed by atoms with van der Waals surface area (Å²) in [6.07, 6.45) is 2.93. The number of aliphatic imine (C=N–C) groups is 1. The van der Waals surface area contributed by atoms with E-state index >= 15 is 0 Å². The monoisotopic (exact) mass is 465 g/mol. The second-order valence-corrected chi connectivity index (χ2v) is 6.32. The Morgan fingerprint density at radius 1 is 1.19 bits per heavy atom. The minimum absolute atomic E-state index is 0. The molecule has 3 rings (SSSR count). The highest BCUT2D eigenvalue weighted by Gasteiger charge is 2.24. The molecule has 0 saturated carbocycles. The van der Waals surface area contributed by atoms with Crippen LogP contribution in [-0.2, 0) is 13.0 Å². The maximum atomic E-state index is 4.62. The van der Waals surface area contributed by atoms with Gasteiger partial charge in [-0.15, -0.1) is 24.0 Å². The molecule has 2 aromatic rings. The SMILES string of the molecule is CCNC(=NCc1ccccn1)NCCN1c2ccccc2CC1C.I. The Hall–Kier alpha value is -1.83. The molecule has 1 aromatic carbocycles. The first kappa shape index (κ1) is 20.5. The van der Waals surface area contributed by atoms with Crippen molar-refractivity contribution in [1.29, 1.82) is 0 Å². The Balaban J connectivity index is 0.00000243. The van der Waals surface area contributed by atoms with E-state index in [1.54, 1.807) is 6.20 Å². The number of para-hydroxylation sites is 1. The number of fused-ring (bicyclic) bond motifs is 1. The summed E-state index contributed by atoms with van der Waals surface area (Å²) >= 11 is 0. The van der Waals surface area contributed by atoms with Crippen LogP contribution in [-0.4, -0.2) is 36.6 Å². The van der Waals surface area contributed by atoms with Crippen molar-refractivity contribution in [2.24, 2.45) is 4.99 Å². The minimum atomic E-state index is 0. The quantitative estimate of drug-likeness (QED) is 0.391. The number of guanidine groups is 1. The molecule has 0 spiro atoms. The summed E-state index contributed by atoms with van der Waals surface area (Å²) in [5.74, 6) is 0.841. The van der Waals surface area contributed by atoms with Gasteiger partial charge in [-0.3, -0.25) is 4.98 Å². The molecular formula is C20H28IN5. The van der Waals surface area contributed by atoms with Crippen molar-refractivity contribution in [2.45, 2.75) is 32.9 Å². The molecule has 0 fully saturated rings. The molecule has 0 radical (unpaired) electrons. The van der Waals surface area contributed by atoms with E-state index in [2.05, 4.69) is 63.6 Å². The van der Waals surface area contributed by atoms with Gasteiger partial charge < -0.3 is 15.5 Å². The van der Waals surface area contributed by atoms with E-state index in [-0.39, 0.29) is 24.0 Å². The zero-order valence-corrected chi connectivity index (χ0v) is 17.8. The Labute approximate surface area is 173 Å². The fourth-order valence-corrected chi connectivity index (χ4v) is 3.26. The van der Waals surface area contributed by atoms with E-state index in [1.165, 1.54) is 11.3 Å². The number of anilines is 1. The molecule has 1 unspecified atom stereocenters. The Kier molecular flexibility index (Phi) is 8.15. The molecule has 0 bridgehead atoms. The summed E-state index contributed by atoms with van der Waals surface area (Å²) in [6, 6.07) is 15.2. The Bertz CT molecular complexity index is 704. The fourth-order valence-electron chi connectivity index (χ4n) is 3.26. The van der Waals surface area contributed by atoms with Gasteiger partial charge in [0.25, 0.3) is 0 Å². The zero-order valence-electron chi connectivity index (χ0n) is 15.5. The first-order valence-electron chi connectivity index (χ1n) is 9.04. The van der Waals surface area contributed by atoms with Gasteiger partial charge >= 0.3 is 0 Å². The van der Waals surface area contributed by atoms with Gasteiger partial charge in [0.2, 0.25) is 0 Å². The summed E-state index contributed by atoms with van der Waals surface area (Å²) in [7, 11) is 0. The zero-order chi connectivity index (χ0) is 17.5. The lowest BCUT2D eigenvalue weighted by atomic mass is 10.1. The van der Waals surface area contributed by atoms with E-state index < -0.39 is 0 Å². The van der Waals surface area contributed by atoms with Crippen molar-refractivity contribution in [3.8, 4) is 0 Å². The van der Waals surface area contributed by atoms with Crippen molar-refractivity contribution in [2.75, 3.05) is 24.5 Å². The molecule has 6 heteroatoms. The predicted octanol–water partition coefficient (Wildman–Crippen LogP) is 3.21. The second-order valence-electron chi connectivity index (χ2n) is 6.32. The second kappa shape index (κ2) is 10.4. The van der Waals surface area contributed by atoms with Crippen LogP contribution in [0.15, 0.2) is 53.7 Å². The average Bonchev–Trinajstić information content (AvgIpc) is 2.96.